The normalized spacial score (nSPS) is 40.4. The van der Waals surface area contributed by atoms with Crippen LogP contribution in [0.1, 0.15) is 86.5 Å². The summed E-state index contributed by atoms with van der Waals surface area (Å²) in [6.45, 7) is 12.1. The van der Waals surface area contributed by atoms with Gasteiger partial charge in [0.1, 0.15) is 36.4 Å². The minimum atomic E-state index is -1.85. The molecular weight excluding hydrogens is 588 g/mol. The number of ether oxygens (including phenoxy) is 5. The van der Waals surface area contributed by atoms with E-state index in [4.69, 9.17) is 23.7 Å². The maximum absolute atomic E-state index is 14.2. The number of aliphatic hydroxyl groups is 2. The Morgan fingerprint density at radius 1 is 1.20 bits per heavy atom. The Labute approximate surface area is 273 Å². The zero-order valence-electron chi connectivity index (χ0n) is 28.2. The van der Waals surface area contributed by atoms with Gasteiger partial charge in [-0.15, -0.1) is 0 Å². The van der Waals surface area contributed by atoms with Gasteiger partial charge < -0.3 is 33.9 Å². The van der Waals surface area contributed by atoms with E-state index in [9.17, 15) is 19.8 Å². The molecule has 4 aliphatic heterocycles. The lowest BCUT2D eigenvalue weighted by atomic mass is 9.70. The number of carbonyl (C=O) groups excluding carboxylic acids is 2. The minimum absolute atomic E-state index is 0.000389. The molecule has 0 amide bonds. The highest BCUT2D eigenvalue weighted by molar-refractivity contribution is 5.83. The van der Waals surface area contributed by atoms with Crippen molar-refractivity contribution in [3.63, 3.8) is 0 Å². The summed E-state index contributed by atoms with van der Waals surface area (Å²) in [6, 6.07) is 0. The Morgan fingerprint density at radius 2 is 1.98 bits per heavy atom. The summed E-state index contributed by atoms with van der Waals surface area (Å²) in [5.74, 6) is -2.60. The summed E-state index contributed by atoms with van der Waals surface area (Å²) in [5, 5.41) is 23.7. The van der Waals surface area contributed by atoms with E-state index >= 15 is 0 Å². The molecule has 3 saturated heterocycles. The summed E-state index contributed by atoms with van der Waals surface area (Å²) in [5.41, 5.74) is 1.02. The number of aliphatic hydroxyl groups excluding tert-OH is 1. The fraction of sp³-hybridized carbons (Fsp3) is 0.676. The molecule has 0 aromatic heterocycles. The second-order valence-electron chi connectivity index (χ2n) is 14.2. The van der Waals surface area contributed by atoms with Gasteiger partial charge in [-0.2, -0.15) is 0 Å². The summed E-state index contributed by atoms with van der Waals surface area (Å²) in [6.07, 6.45) is 12.5. The van der Waals surface area contributed by atoms with Gasteiger partial charge in [0.15, 0.2) is 5.79 Å². The molecule has 9 heteroatoms. The van der Waals surface area contributed by atoms with Gasteiger partial charge in [-0.05, 0) is 69.4 Å². The SMILES string of the molecule is CCC(C)=CC(=O)OCC1=CC2C(=O)OC3CC(CC=C(C)CC(C)C=CC=C4COC(C1O)C42O)OC1(CCC(C)C(C)O1)C3. The van der Waals surface area contributed by atoms with E-state index in [1.807, 2.05) is 19.9 Å². The van der Waals surface area contributed by atoms with Crippen LogP contribution in [0.2, 0.25) is 0 Å². The smallest absolute Gasteiger partial charge is 0.331 e. The zero-order valence-corrected chi connectivity index (χ0v) is 28.2. The molecule has 10 atom stereocenters. The Bertz CT molecular complexity index is 1310. The van der Waals surface area contributed by atoms with E-state index in [1.54, 1.807) is 6.08 Å². The molecule has 4 heterocycles. The maximum atomic E-state index is 14.2. The van der Waals surface area contributed by atoms with Crippen LogP contribution in [0.15, 0.2) is 58.7 Å². The quantitative estimate of drug-likeness (QED) is 0.236. The van der Waals surface area contributed by atoms with Crippen LogP contribution >= 0.6 is 0 Å². The van der Waals surface area contributed by atoms with Gasteiger partial charge >= 0.3 is 11.9 Å². The van der Waals surface area contributed by atoms with Crippen molar-refractivity contribution in [1.82, 2.24) is 0 Å². The number of allylic oxidation sites excluding steroid dienone is 5. The fourth-order valence-corrected chi connectivity index (χ4v) is 7.39. The van der Waals surface area contributed by atoms with Crippen molar-refractivity contribution in [2.24, 2.45) is 17.8 Å². The van der Waals surface area contributed by atoms with Gasteiger partial charge in [-0.1, -0.05) is 62.3 Å². The lowest BCUT2D eigenvalue weighted by molar-refractivity contribution is -0.332. The van der Waals surface area contributed by atoms with Gasteiger partial charge in [-0.3, -0.25) is 4.79 Å². The fourth-order valence-electron chi connectivity index (χ4n) is 7.39. The average molecular weight is 641 g/mol. The molecule has 0 radical (unpaired) electrons. The van der Waals surface area contributed by atoms with Crippen LogP contribution < -0.4 is 0 Å². The van der Waals surface area contributed by atoms with E-state index in [1.165, 1.54) is 17.7 Å². The Balaban J connectivity index is 1.50. The summed E-state index contributed by atoms with van der Waals surface area (Å²) in [7, 11) is 0. The summed E-state index contributed by atoms with van der Waals surface area (Å²) < 4.78 is 30.9. The molecule has 9 nitrogen and oxygen atoms in total. The Kier molecular flexibility index (Phi) is 10.8. The van der Waals surface area contributed by atoms with Crippen LogP contribution in [-0.2, 0) is 33.3 Å². The van der Waals surface area contributed by atoms with Gasteiger partial charge in [0.05, 0.1) is 18.8 Å². The van der Waals surface area contributed by atoms with Crippen LogP contribution in [0.3, 0.4) is 0 Å². The molecule has 254 valence electrons. The van der Waals surface area contributed by atoms with Crippen LogP contribution in [0.5, 0.6) is 0 Å². The number of esters is 2. The topological polar surface area (TPSA) is 121 Å². The molecule has 0 saturated carbocycles. The Morgan fingerprint density at radius 3 is 2.72 bits per heavy atom. The highest BCUT2D eigenvalue weighted by atomic mass is 16.7. The predicted molar refractivity (Wildman–Crippen MR) is 172 cm³/mol. The van der Waals surface area contributed by atoms with Crippen molar-refractivity contribution in [3.8, 4) is 0 Å². The number of rotatable bonds is 4. The van der Waals surface area contributed by atoms with E-state index in [0.717, 1.165) is 18.4 Å². The van der Waals surface area contributed by atoms with Crippen LogP contribution in [0.4, 0.5) is 0 Å². The van der Waals surface area contributed by atoms with Crippen molar-refractivity contribution < 1.29 is 43.5 Å². The predicted octanol–water partition coefficient (Wildman–Crippen LogP) is 5.41. The molecule has 1 spiro atoms. The lowest BCUT2D eigenvalue weighted by Crippen LogP contribution is -2.58. The second-order valence-corrected chi connectivity index (χ2v) is 14.2. The lowest BCUT2D eigenvalue weighted by Gasteiger charge is -2.49. The average Bonchev–Trinajstić information content (AvgIpc) is 3.34. The third-order valence-corrected chi connectivity index (χ3v) is 10.5. The highest BCUT2D eigenvalue weighted by Crippen LogP contribution is 2.47. The monoisotopic (exact) mass is 640 g/mol. The van der Waals surface area contributed by atoms with Crippen molar-refractivity contribution in [1.29, 1.82) is 0 Å². The minimum Gasteiger partial charge on any atom is -0.462 e. The standard InChI is InChI=1S/C37H52O9/c1-7-22(2)16-32(38)42-20-27-17-31-35(40)44-30-18-29(46-36(19-30)14-13-25(5)26(6)45-36)12-11-24(4)15-23(3)9-8-10-28-21-43-34(33(27)39)37(28,31)41/h8-11,16-17,23,25-26,29-31,33-34,39,41H,7,12-15,18-21H2,1-6H3. The van der Waals surface area contributed by atoms with E-state index in [0.29, 0.717) is 43.6 Å². The third kappa shape index (κ3) is 7.44. The summed E-state index contributed by atoms with van der Waals surface area (Å²) >= 11 is 0. The van der Waals surface area contributed by atoms with Crippen molar-refractivity contribution in [2.45, 2.75) is 128 Å². The molecule has 0 aromatic rings. The maximum Gasteiger partial charge on any atom is 0.331 e. The van der Waals surface area contributed by atoms with Gasteiger partial charge in [-0.25, -0.2) is 4.79 Å². The first-order valence-electron chi connectivity index (χ1n) is 17.0. The van der Waals surface area contributed by atoms with E-state index in [2.05, 4.69) is 39.8 Å². The summed E-state index contributed by atoms with van der Waals surface area (Å²) in [4.78, 5) is 26.6. The van der Waals surface area contributed by atoms with Crippen LogP contribution in [0.25, 0.3) is 0 Å². The molecule has 46 heavy (non-hydrogen) atoms. The first-order chi connectivity index (χ1) is 21.8. The van der Waals surface area contributed by atoms with Crippen molar-refractivity contribution in [2.75, 3.05) is 13.2 Å². The molecular formula is C37H52O9. The number of fused-ring (bicyclic) bond motifs is 2. The molecule has 5 rings (SSSR count). The van der Waals surface area contributed by atoms with Gasteiger partial charge in [0, 0.05) is 25.3 Å². The van der Waals surface area contributed by atoms with Crippen molar-refractivity contribution in [3.05, 3.63) is 58.7 Å². The zero-order chi connectivity index (χ0) is 33.2. The molecule has 5 aliphatic rings. The number of hydrogen-bond donors (Lipinski definition) is 2. The van der Waals surface area contributed by atoms with Gasteiger partial charge in [0.2, 0.25) is 0 Å². The molecule has 10 unspecified atom stereocenters. The first kappa shape index (κ1) is 34.8. The van der Waals surface area contributed by atoms with Gasteiger partial charge in [0.25, 0.3) is 0 Å². The van der Waals surface area contributed by atoms with Crippen molar-refractivity contribution >= 4 is 11.9 Å². The molecule has 0 aromatic carbocycles. The van der Waals surface area contributed by atoms with Crippen LogP contribution in [-0.4, -0.2) is 77.3 Å². The van der Waals surface area contributed by atoms with E-state index in [-0.39, 0.29) is 36.9 Å². The number of carbonyl (C=O) groups is 2. The second kappa shape index (κ2) is 14.3. The Hall–Kier alpha value is -2.56. The number of hydrogen-bond acceptors (Lipinski definition) is 9. The van der Waals surface area contributed by atoms with Crippen LogP contribution in [0, 0.1) is 17.8 Å². The molecule has 1 aliphatic carbocycles. The third-order valence-electron chi connectivity index (χ3n) is 10.5. The largest absolute Gasteiger partial charge is 0.462 e. The molecule has 3 fully saturated rings. The molecule has 2 bridgehead atoms. The molecule has 2 N–H and O–H groups in total. The first-order valence-corrected chi connectivity index (χ1v) is 17.0. The van der Waals surface area contributed by atoms with E-state index < -0.39 is 47.6 Å². The highest BCUT2D eigenvalue weighted by Gasteiger charge is 2.60.